The number of hydrogen-bond acceptors (Lipinski definition) is 5. The van der Waals surface area contributed by atoms with Crippen LogP contribution in [0.4, 0.5) is 30.7 Å². The second-order valence-corrected chi connectivity index (χ2v) is 7.96. The lowest BCUT2D eigenvalue weighted by atomic mass is 9.37. The number of aromatic nitrogens is 4. The van der Waals surface area contributed by atoms with Gasteiger partial charge in [0.15, 0.2) is 5.60 Å². The molecule has 2 aromatic rings. The predicted octanol–water partition coefficient (Wildman–Crippen LogP) is 2.98. The number of halogens is 7. The molecule has 3 aliphatic carbocycles. The van der Waals surface area contributed by atoms with E-state index in [2.05, 4.69) is 15.5 Å². The van der Waals surface area contributed by atoms with Gasteiger partial charge in [-0.25, -0.2) is 22.2 Å². The van der Waals surface area contributed by atoms with E-state index in [0.29, 0.717) is 12.1 Å². The number of benzene rings is 1. The zero-order valence-corrected chi connectivity index (χ0v) is 15.1. The zero-order chi connectivity index (χ0) is 22.0. The van der Waals surface area contributed by atoms with Crippen molar-refractivity contribution in [1.82, 2.24) is 20.2 Å². The van der Waals surface area contributed by atoms with E-state index >= 15 is 8.78 Å². The molecule has 0 aliphatic heterocycles. The van der Waals surface area contributed by atoms with E-state index in [0.717, 1.165) is 17.1 Å². The third-order valence-corrected chi connectivity index (χ3v) is 5.87. The molecule has 5 rings (SSSR count). The largest absolute Gasteiger partial charge is 0.411 e. The third-order valence-electron chi connectivity index (χ3n) is 5.87. The molecule has 1 heterocycles. The smallest absolute Gasteiger partial charge is 0.377 e. The van der Waals surface area contributed by atoms with Crippen LogP contribution in [0.15, 0.2) is 24.5 Å². The second-order valence-electron chi connectivity index (χ2n) is 7.96. The molecule has 1 N–H and O–H groups in total. The summed E-state index contributed by atoms with van der Waals surface area (Å²) < 4.78 is 102. The number of hydrogen-bond donors (Lipinski definition) is 1. The molecular formula is C17H15F7N4O2. The summed E-state index contributed by atoms with van der Waals surface area (Å²) in [5.74, 6) is -6.46. The molecule has 30 heavy (non-hydrogen) atoms. The van der Waals surface area contributed by atoms with E-state index in [1.54, 1.807) is 0 Å². The molecule has 164 valence electrons. The van der Waals surface area contributed by atoms with Crippen molar-refractivity contribution in [3.8, 4) is 0 Å². The van der Waals surface area contributed by atoms with Crippen LogP contribution in [0.5, 0.6) is 0 Å². The summed E-state index contributed by atoms with van der Waals surface area (Å²) in [7, 11) is 0. The Kier molecular flexibility index (Phi) is 4.45. The van der Waals surface area contributed by atoms with Crippen molar-refractivity contribution in [3.05, 3.63) is 41.7 Å². The van der Waals surface area contributed by atoms with Gasteiger partial charge in [0, 0.05) is 17.0 Å². The molecule has 1 aromatic carbocycles. The van der Waals surface area contributed by atoms with Gasteiger partial charge in [0.1, 0.15) is 24.6 Å². The van der Waals surface area contributed by atoms with Crippen LogP contribution in [0.1, 0.15) is 24.8 Å². The van der Waals surface area contributed by atoms with Crippen molar-refractivity contribution < 1.29 is 40.6 Å². The van der Waals surface area contributed by atoms with E-state index < -0.39 is 78.3 Å². The predicted molar refractivity (Wildman–Crippen MR) is 84.0 cm³/mol. The van der Waals surface area contributed by atoms with Crippen LogP contribution in [-0.2, 0) is 16.9 Å². The molecule has 6 nitrogen and oxygen atoms in total. The highest BCUT2D eigenvalue weighted by Gasteiger charge is 2.83. The Morgan fingerprint density at radius 2 is 1.77 bits per heavy atom. The first-order chi connectivity index (χ1) is 13.8. The van der Waals surface area contributed by atoms with Gasteiger partial charge in [0.05, 0.1) is 12.1 Å². The van der Waals surface area contributed by atoms with Gasteiger partial charge >= 0.3 is 6.18 Å². The van der Waals surface area contributed by atoms with Crippen LogP contribution in [0.2, 0.25) is 0 Å². The summed E-state index contributed by atoms with van der Waals surface area (Å²) in [6.45, 7) is -2.54. The summed E-state index contributed by atoms with van der Waals surface area (Å²) in [5, 5.41) is 21.0. The molecule has 0 spiro atoms. The lowest BCUT2D eigenvalue weighted by molar-refractivity contribution is -0.403. The summed E-state index contributed by atoms with van der Waals surface area (Å²) in [6.07, 6.45) is -5.00. The molecule has 1 atom stereocenters. The van der Waals surface area contributed by atoms with Crippen molar-refractivity contribution in [3.63, 3.8) is 0 Å². The van der Waals surface area contributed by atoms with E-state index in [4.69, 9.17) is 4.74 Å². The van der Waals surface area contributed by atoms with Crippen LogP contribution in [0.25, 0.3) is 0 Å². The third kappa shape index (κ3) is 3.06. The number of aliphatic hydroxyl groups is 1. The first-order valence-electron chi connectivity index (χ1n) is 8.79. The summed E-state index contributed by atoms with van der Waals surface area (Å²) >= 11 is 0. The van der Waals surface area contributed by atoms with Crippen LogP contribution in [-0.4, -0.2) is 49.6 Å². The van der Waals surface area contributed by atoms with Gasteiger partial charge in [-0.05, 0) is 41.8 Å². The van der Waals surface area contributed by atoms with Gasteiger partial charge in [-0.15, -0.1) is 5.10 Å². The highest BCUT2D eigenvalue weighted by Crippen LogP contribution is 2.77. The van der Waals surface area contributed by atoms with Gasteiger partial charge in [0.2, 0.25) is 0 Å². The Morgan fingerprint density at radius 3 is 2.30 bits per heavy atom. The minimum absolute atomic E-state index is 0.353. The molecule has 0 amide bonds. The minimum Gasteiger partial charge on any atom is -0.377 e. The van der Waals surface area contributed by atoms with Crippen molar-refractivity contribution in [2.24, 2.45) is 5.41 Å². The Balaban J connectivity index is 1.65. The maximum absolute atomic E-state index is 15.7. The lowest BCUT2D eigenvalue weighted by Crippen LogP contribution is -2.78. The molecule has 3 aliphatic rings. The van der Waals surface area contributed by atoms with Gasteiger partial charge < -0.3 is 9.84 Å². The van der Waals surface area contributed by atoms with Crippen LogP contribution in [0.3, 0.4) is 0 Å². The van der Waals surface area contributed by atoms with Crippen molar-refractivity contribution in [2.45, 2.75) is 49.1 Å². The molecule has 13 heteroatoms. The van der Waals surface area contributed by atoms with Crippen molar-refractivity contribution >= 4 is 0 Å². The fraction of sp³-hybridized carbons (Fsp3) is 0.588. The SMILES string of the molecule is O[C@@](Cn1cnnn1)(c1ccc(F)cc1F)C(F)(F)C12CC(OCC(F)(F)F)(C1)C2. The van der Waals surface area contributed by atoms with Crippen LogP contribution in [0, 0.1) is 17.0 Å². The number of alkyl halides is 5. The van der Waals surface area contributed by atoms with Crippen LogP contribution >= 0.6 is 0 Å². The second kappa shape index (κ2) is 6.36. The first-order valence-corrected chi connectivity index (χ1v) is 8.79. The summed E-state index contributed by atoms with van der Waals surface area (Å²) in [6, 6.07) is 1.77. The Labute approximate surface area is 164 Å². The van der Waals surface area contributed by atoms with E-state index in [1.807, 2.05) is 0 Å². The molecule has 0 radical (unpaired) electrons. The average molecular weight is 440 g/mol. The molecule has 0 saturated heterocycles. The van der Waals surface area contributed by atoms with Gasteiger partial charge in [-0.2, -0.15) is 13.2 Å². The maximum atomic E-state index is 15.7. The Morgan fingerprint density at radius 1 is 1.10 bits per heavy atom. The average Bonchev–Trinajstić information content (AvgIpc) is 3.03. The van der Waals surface area contributed by atoms with E-state index in [1.165, 1.54) is 0 Å². The topological polar surface area (TPSA) is 73.1 Å². The monoisotopic (exact) mass is 440 g/mol. The van der Waals surface area contributed by atoms with Gasteiger partial charge in [-0.1, -0.05) is 0 Å². The molecule has 2 bridgehead atoms. The zero-order valence-electron chi connectivity index (χ0n) is 15.1. The van der Waals surface area contributed by atoms with Crippen LogP contribution < -0.4 is 0 Å². The van der Waals surface area contributed by atoms with E-state index in [-0.39, 0.29) is 0 Å². The Hall–Kier alpha value is -2.28. The van der Waals surface area contributed by atoms with Crippen molar-refractivity contribution in [2.75, 3.05) is 6.61 Å². The number of nitrogens with zero attached hydrogens (tertiary/aromatic N) is 4. The number of ether oxygens (including phenoxy) is 1. The molecule has 3 fully saturated rings. The minimum atomic E-state index is -4.61. The summed E-state index contributed by atoms with van der Waals surface area (Å²) in [5.41, 5.74) is -7.33. The summed E-state index contributed by atoms with van der Waals surface area (Å²) in [4.78, 5) is 0. The fourth-order valence-electron chi connectivity index (χ4n) is 4.52. The van der Waals surface area contributed by atoms with Crippen molar-refractivity contribution in [1.29, 1.82) is 0 Å². The maximum Gasteiger partial charge on any atom is 0.411 e. The Bertz CT molecular complexity index is 930. The fourth-order valence-corrected chi connectivity index (χ4v) is 4.52. The quantitative estimate of drug-likeness (QED) is 0.671. The molecule has 1 aromatic heterocycles. The first kappa shape index (κ1) is 21.0. The molecular weight excluding hydrogens is 425 g/mol. The number of rotatable bonds is 7. The normalized spacial score (nSPS) is 27.9. The number of tetrazole rings is 1. The van der Waals surface area contributed by atoms with Gasteiger partial charge in [0.25, 0.3) is 5.92 Å². The van der Waals surface area contributed by atoms with E-state index in [9.17, 15) is 27.1 Å². The molecule has 3 saturated carbocycles. The lowest BCUT2D eigenvalue weighted by Gasteiger charge is -2.72. The molecule has 0 unspecified atom stereocenters. The van der Waals surface area contributed by atoms with Gasteiger partial charge in [-0.3, -0.25) is 0 Å². The standard InChI is InChI=1S/C17H15F7N4O2/c18-10-1-2-11(12(19)3-10)15(29,7-28-9-25-26-27-28)17(23,24)13-4-14(5-13,6-13)30-8-16(20,21)22/h1-3,9,29H,4-8H2/t13?,14?,15-/m0/s1. The highest BCUT2D eigenvalue weighted by atomic mass is 19.4. The highest BCUT2D eigenvalue weighted by molar-refractivity contribution is 5.34.